The number of halogens is 3. The van der Waals surface area contributed by atoms with Crippen LogP contribution in [0.1, 0.15) is 15.9 Å². The van der Waals surface area contributed by atoms with Gasteiger partial charge in [0, 0.05) is 24.1 Å². The molecule has 0 heterocycles. The Bertz CT molecular complexity index is 1050. The van der Waals surface area contributed by atoms with E-state index in [2.05, 4.69) is 5.32 Å². The first-order chi connectivity index (χ1) is 14.7. The number of carbonyl (C=O) groups is 1. The molecule has 162 valence electrons. The Morgan fingerprint density at radius 1 is 0.903 bits per heavy atom. The molecule has 31 heavy (non-hydrogen) atoms. The molecule has 0 atom stereocenters. The van der Waals surface area contributed by atoms with Crippen molar-refractivity contribution in [3.63, 3.8) is 0 Å². The fraction of sp³-hybridized carbons (Fsp3) is 0.174. The Labute approximate surface area is 178 Å². The van der Waals surface area contributed by atoms with Gasteiger partial charge < -0.3 is 19.7 Å². The summed E-state index contributed by atoms with van der Waals surface area (Å²) in [5.74, 6) is 0.0273. The first kappa shape index (κ1) is 22.0. The van der Waals surface area contributed by atoms with E-state index in [1.807, 2.05) is 12.1 Å². The molecular formula is C23H21F3N2O3. The Morgan fingerprint density at radius 3 is 2.00 bits per heavy atom. The summed E-state index contributed by atoms with van der Waals surface area (Å²) in [6, 6.07) is 17.2. The van der Waals surface area contributed by atoms with Gasteiger partial charge >= 0.3 is 12.1 Å². The average molecular weight is 430 g/mol. The Balaban J connectivity index is 1.78. The van der Waals surface area contributed by atoms with Gasteiger partial charge in [0.2, 0.25) is 0 Å². The molecule has 0 aliphatic carbocycles. The minimum absolute atomic E-state index is 0.327. The molecule has 0 spiro atoms. The first-order valence-electron chi connectivity index (χ1n) is 9.27. The second kappa shape index (κ2) is 8.99. The van der Waals surface area contributed by atoms with Crippen LogP contribution in [0.2, 0.25) is 0 Å². The molecule has 0 amide bonds. The summed E-state index contributed by atoms with van der Waals surface area (Å²) in [7, 11) is 4.58. The number of carbonyl (C=O) groups excluding carboxylic acids is 1. The van der Waals surface area contributed by atoms with Crippen molar-refractivity contribution in [2.24, 2.45) is 0 Å². The van der Waals surface area contributed by atoms with Gasteiger partial charge in [-0.05, 0) is 66.7 Å². The Kier molecular flexibility index (Phi) is 6.39. The lowest BCUT2D eigenvalue weighted by molar-refractivity contribution is -0.137. The van der Waals surface area contributed by atoms with Crippen LogP contribution in [0, 0.1) is 0 Å². The van der Waals surface area contributed by atoms with Crippen molar-refractivity contribution in [1.82, 2.24) is 0 Å². The van der Waals surface area contributed by atoms with E-state index in [1.165, 1.54) is 26.4 Å². The quantitative estimate of drug-likeness (QED) is 0.485. The third-order valence-electron chi connectivity index (χ3n) is 4.75. The standard InChI is InChI=1S/C23H21F3N2O3/c1-28(17-8-4-15(5-9-17)23(24,25)26)18-10-6-16(7-11-18)27-21-13-12-19(30-2)14-20(21)22(29)31-3/h4-14,27H,1-3H3. The van der Waals surface area contributed by atoms with Crippen LogP contribution in [-0.4, -0.2) is 27.2 Å². The zero-order chi connectivity index (χ0) is 22.6. The van der Waals surface area contributed by atoms with Gasteiger partial charge in [-0.3, -0.25) is 0 Å². The predicted octanol–water partition coefficient (Wildman–Crippen LogP) is 6.01. The summed E-state index contributed by atoms with van der Waals surface area (Å²) >= 11 is 0. The maximum Gasteiger partial charge on any atom is 0.416 e. The number of rotatable bonds is 6. The minimum Gasteiger partial charge on any atom is -0.497 e. The van der Waals surface area contributed by atoms with Crippen LogP contribution in [0.4, 0.5) is 35.9 Å². The lowest BCUT2D eigenvalue weighted by Crippen LogP contribution is -2.11. The minimum atomic E-state index is -4.37. The van der Waals surface area contributed by atoms with Crippen LogP contribution in [0.5, 0.6) is 5.75 Å². The number of nitrogens with one attached hydrogen (secondary N) is 1. The van der Waals surface area contributed by atoms with Crippen LogP contribution in [0.25, 0.3) is 0 Å². The Hall–Kier alpha value is -3.68. The van der Waals surface area contributed by atoms with Gasteiger partial charge in [-0.15, -0.1) is 0 Å². The van der Waals surface area contributed by atoms with Crippen LogP contribution in [-0.2, 0) is 10.9 Å². The zero-order valence-electron chi connectivity index (χ0n) is 17.2. The molecule has 0 bridgehead atoms. The average Bonchev–Trinajstić information content (AvgIpc) is 2.78. The summed E-state index contributed by atoms with van der Waals surface area (Å²) in [5.41, 5.74) is 2.32. The van der Waals surface area contributed by atoms with Gasteiger partial charge in [-0.2, -0.15) is 13.2 Å². The van der Waals surface area contributed by atoms with Gasteiger partial charge in [-0.1, -0.05) is 0 Å². The van der Waals surface area contributed by atoms with Crippen molar-refractivity contribution in [3.8, 4) is 5.75 Å². The monoisotopic (exact) mass is 430 g/mol. The molecule has 0 aliphatic rings. The molecule has 8 heteroatoms. The van der Waals surface area contributed by atoms with E-state index in [1.54, 1.807) is 42.3 Å². The molecule has 0 radical (unpaired) electrons. The normalized spacial score (nSPS) is 11.0. The second-order valence-corrected chi connectivity index (χ2v) is 6.68. The SMILES string of the molecule is COC(=O)c1cc(OC)ccc1Nc1ccc(N(C)c2ccc(C(F)(F)F)cc2)cc1. The van der Waals surface area contributed by atoms with E-state index in [9.17, 15) is 18.0 Å². The highest BCUT2D eigenvalue weighted by atomic mass is 19.4. The van der Waals surface area contributed by atoms with Gasteiger partial charge in [-0.25, -0.2) is 4.79 Å². The third kappa shape index (κ3) is 5.09. The number of benzene rings is 3. The maximum absolute atomic E-state index is 12.8. The largest absolute Gasteiger partial charge is 0.497 e. The second-order valence-electron chi connectivity index (χ2n) is 6.68. The smallest absolute Gasteiger partial charge is 0.416 e. The number of esters is 1. The molecule has 5 nitrogen and oxygen atoms in total. The van der Waals surface area contributed by atoms with Crippen LogP contribution < -0.4 is 15.0 Å². The zero-order valence-corrected chi connectivity index (χ0v) is 17.2. The molecule has 3 aromatic rings. The highest BCUT2D eigenvalue weighted by molar-refractivity contribution is 5.97. The van der Waals surface area contributed by atoms with E-state index >= 15 is 0 Å². The highest BCUT2D eigenvalue weighted by Gasteiger charge is 2.30. The van der Waals surface area contributed by atoms with E-state index in [0.29, 0.717) is 22.7 Å². The predicted molar refractivity (Wildman–Crippen MR) is 114 cm³/mol. The molecule has 3 aromatic carbocycles. The van der Waals surface area contributed by atoms with Gasteiger partial charge in [0.1, 0.15) is 5.75 Å². The number of anilines is 4. The molecule has 1 N–H and O–H groups in total. The molecule has 0 aliphatic heterocycles. The van der Waals surface area contributed by atoms with Crippen LogP contribution >= 0.6 is 0 Å². The first-order valence-corrected chi connectivity index (χ1v) is 9.27. The molecule has 3 rings (SSSR count). The molecule has 0 aromatic heterocycles. The number of hydrogen-bond donors (Lipinski definition) is 1. The van der Waals surface area contributed by atoms with Crippen molar-refractivity contribution in [3.05, 3.63) is 77.9 Å². The lowest BCUT2D eigenvalue weighted by atomic mass is 10.1. The lowest BCUT2D eigenvalue weighted by Gasteiger charge is -2.21. The van der Waals surface area contributed by atoms with E-state index < -0.39 is 17.7 Å². The summed E-state index contributed by atoms with van der Waals surface area (Å²) in [5, 5.41) is 3.17. The van der Waals surface area contributed by atoms with Crippen LogP contribution in [0.15, 0.2) is 66.7 Å². The maximum atomic E-state index is 12.8. The fourth-order valence-electron chi connectivity index (χ4n) is 2.99. The van der Waals surface area contributed by atoms with Crippen LogP contribution in [0.3, 0.4) is 0 Å². The van der Waals surface area contributed by atoms with Crippen molar-refractivity contribution < 1.29 is 27.4 Å². The van der Waals surface area contributed by atoms with Gasteiger partial charge in [0.05, 0.1) is 31.0 Å². The molecule has 0 unspecified atom stereocenters. The number of nitrogens with zero attached hydrogens (tertiary/aromatic N) is 1. The third-order valence-corrected chi connectivity index (χ3v) is 4.75. The number of methoxy groups -OCH3 is 2. The van der Waals surface area contributed by atoms with Crippen molar-refractivity contribution >= 4 is 28.7 Å². The summed E-state index contributed by atoms with van der Waals surface area (Å²) < 4.78 is 48.3. The van der Waals surface area contributed by atoms with E-state index in [0.717, 1.165) is 23.5 Å². The number of ether oxygens (including phenoxy) is 2. The van der Waals surface area contributed by atoms with Crippen molar-refractivity contribution in [2.75, 3.05) is 31.5 Å². The summed E-state index contributed by atoms with van der Waals surface area (Å²) in [6.07, 6.45) is -4.37. The summed E-state index contributed by atoms with van der Waals surface area (Å²) in [6.45, 7) is 0. The number of alkyl halides is 3. The topological polar surface area (TPSA) is 50.8 Å². The Morgan fingerprint density at radius 2 is 1.48 bits per heavy atom. The molecule has 0 saturated heterocycles. The van der Waals surface area contributed by atoms with Crippen molar-refractivity contribution in [2.45, 2.75) is 6.18 Å². The molecule has 0 saturated carbocycles. The molecule has 0 fully saturated rings. The van der Waals surface area contributed by atoms with E-state index in [-0.39, 0.29) is 0 Å². The van der Waals surface area contributed by atoms with E-state index in [4.69, 9.17) is 9.47 Å². The fourth-order valence-corrected chi connectivity index (χ4v) is 2.99. The highest BCUT2D eigenvalue weighted by Crippen LogP contribution is 2.32. The van der Waals surface area contributed by atoms with Crippen molar-refractivity contribution in [1.29, 1.82) is 0 Å². The molecular weight excluding hydrogens is 409 g/mol. The van der Waals surface area contributed by atoms with Gasteiger partial charge in [0.15, 0.2) is 0 Å². The van der Waals surface area contributed by atoms with Gasteiger partial charge in [0.25, 0.3) is 0 Å². The number of hydrogen-bond acceptors (Lipinski definition) is 5. The summed E-state index contributed by atoms with van der Waals surface area (Å²) in [4.78, 5) is 13.9.